The Kier molecular flexibility index (Phi) is 6.07. The second-order valence-corrected chi connectivity index (χ2v) is 8.50. The number of imidazole rings is 1. The van der Waals surface area contributed by atoms with Crippen molar-refractivity contribution in [3.05, 3.63) is 30.1 Å². The lowest BCUT2D eigenvalue weighted by Crippen LogP contribution is -2.22. The van der Waals surface area contributed by atoms with Crippen molar-refractivity contribution >= 4 is 22.9 Å². The van der Waals surface area contributed by atoms with Gasteiger partial charge in [-0.05, 0) is 24.1 Å². The van der Waals surface area contributed by atoms with Gasteiger partial charge in [0.2, 0.25) is 5.95 Å². The number of benzene rings is 1. The van der Waals surface area contributed by atoms with E-state index in [0.717, 1.165) is 12.0 Å². The molecule has 0 spiro atoms. The normalized spacial score (nSPS) is 19.8. The quantitative estimate of drug-likeness (QED) is 0.484. The molecule has 10 nitrogen and oxygen atoms in total. The predicted octanol–water partition coefficient (Wildman–Crippen LogP) is 2.80. The van der Waals surface area contributed by atoms with E-state index in [1.54, 1.807) is 27.6 Å². The van der Waals surface area contributed by atoms with Gasteiger partial charge in [-0.15, -0.1) is 0 Å². The van der Waals surface area contributed by atoms with Crippen molar-refractivity contribution in [2.45, 2.75) is 39.1 Å². The number of aliphatic hydroxyl groups excluding tert-OH is 1. The summed E-state index contributed by atoms with van der Waals surface area (Å²) in [4.78, 5) is 13.8. The van der Waals surface area contributed by atoms with E-state index in [-0.39, 0.29) is 24.4 Å². The number of hydrogen-bond donors (Lipinski definition) is 3. The van der Waals surface area contributed by atoms with Gasteiger partial charge in [-0.3, -0.25) is 4.57 Å². The molecule has 3 heterocycles. The van der Waals surface area contributed by atoms with E-state index < -0.39 is 0 Å². The second kappa shape index (κ2) is 8.79. The van der Waals surface area contributed by atoms with Crippen LogP contribution in [0.5, 0.6) is 11.5 Å². The van der Waals surface area contributed by atoms with Crippen molar-refractivity contribution in [3.8, 4) is 11.5 Å². The first-order valence-electron chi connectivity index (χ1n) is 10.5. The number of nitrogens with one attached hydrogen (secondary N) is 2. The average molecular weight is 443 g/mol. The first-order chi connectivity index (χ1) is 15.4. The van der Waals surface area contributed by atoms with E-state index in [1.165, 1.54) is 0 Å². The Morgan fingerprint density at radius 3 is 2.66 bits per heavy atom. The van der Waals surface area contributed by atoms with Crippen LogP contribution in [-0.4, -0.2) is 58.6 Å². The van der Waals surface area contributed by atoms with Gasteiger partial charge >= 0.3 is 0 Å². The molecule has 1 fully saturated rings. The fraction of sp³-hybridized carbons (Fsp3) is 0.500. The van der Waals surface area contributed by atoms with Crippen LogP contribution in [0.25, 0.3) is 11.2 Å². The van der Waals surface area contributed by atoms with Crippen molar-refractivity contribution in [1.82, 2.24) is 19.5 Å². The lowest BCUT2D eigenvalue weighted by molar-refractivity contribution is -0.0447. The molecule has 0 unspecified atom stereocenters. The third-order valence-corrected chi connectivity index (χ3v) is 5.76. The average Bonchev–Trinajstić information content (AvgIpc) is 3.36. The maximum absolute atomic E-state index is 9.59. The molecule has 1 saturated heterocycles. The van der Waals surface area contributed by atoms with Crippen LogP contribution in [0.2, 0.25) is 0 Å². The van der Waals surface area contributed by atoms with E-state index in [0.29, 0.717) is 41.0 Å². The number of hydrogen-bond acceptors (Lipinski definition) is 9. The standard InChI is InChI=1S/C22H30N6O4/c1-22(2)9-14(11-29)32-20(22)28-12-25-17-18(23-3)26-21(27-19(17)28)24-10-13-6-7-15(30-4)16(8-13)31-5/h6-8,12,14,20,29H,9-11H2,1-5H3,(H2,23,24,26,27)/t14-,20+/m0/s1. The summed E-state index contributed by atoms with van der Waals surface area (Å²) in [6.45, 7) is 4.73. The summed E-state index contributed by atoms with van der Waals surface area (Å²) >= 11 is 0. The molecule has 32 heavy (non-hydrogen) atoms. The van der Waals surface area contributed by atoms with Crippen LogP contribution in [0.4, 0.5) is 11.8 Å². The van der Waals surface area contributed by atoms with Gasteiger partial charge in [0.1, 0.15) is 6.23 Å². The zero-order valence-corrected chi connectivity index (χ0v) is 19.0. The van der Waals surface area contributed by atoms with Crippen molar-refractivity contribution < 1.29 is 19.3 Å². The smallest absolute Gasteiger partial charge is 0.227 e. The molecular formula is C22H30N6O4. The van der Waals surface area contributed by atoms with E-state index in [2.05, 4.69) is 34.4 Å². The molecule has 0 amide bonds. The van der Waals surface area contributed by atoms with E-state index >= 15 is 0 Å². The molecule has 2 aromatic heterocycles. The highest BCUT2D eigenvalue weighted by Gasteiger charge is 2.43. The highest BCUT2D eigenvalue weighted by molar-refractivity contribution is 5.84. The maximum atomic E-state index is 9.59. The molecule has 0 saturated carbocycles. The van der Waals surface area contributed by atoms with Gasteiger partial charge in [0.05, 0.1) is 33.3 Å². The van der Waals surface area contributed by atoms with Gasteiger partial charge in [0.25, 0.3) is 0 Å². The summed E-state index contributed by atoms with van der Waals surface area (Å²) in [6.07, 6.45) is 1.98. The predicted molar refractivity (Wildman–Crippen MR) is 121 cm³/mol. The van der Waals surface area contributed by atoms with E-state index in [1.807, 2.05) is 22.8 Å². The number of methoxy groups -OCH3 is 2. The molecule has 1 aliphatic heterocycles. The Morgan fingerprint density at radius 2 is 2.00 bits per heavy atom. The van der Waals surface area contributed by atoms with Crippen LogP contribution < -0.4 is 20.1 Å². The summed E-state index contributed by atoms with van der Waals surface area (Å²) < 4.78 is 18.7. The zero-order chi connectivity index (χ0) is 22.9. The Morgan fingerprint density at radius 1 is 1.22 bits per heavy atom. The summed E-state index contributed by atoms with van der Waals surface area (Å²) in [5.41, 5.74) is 2.14. The Hall–Kier alpha value is -3.11. The van der Waals surface area contributed by atoms with E-state index in [4.69, 9.17) is 19.2 Å². The van der Waals surface area contributed by atoms with Gasteiger partial charge < -0.3 is 30.0 Å². The molecular weight excluding hydrogens is 412 g/mol. The molecule has 3 aromatic rings. The molecule has 4 rings (SSSR count). The van der Waals surface area contributed by atoms with Gasteiger partial charge in [0.15, 0.2) is 28.5 Å². The fourth-order valence-electron chi connectivity index (χ4n) is 4.17. The minimum Gasteiger partial charge on any atom is -0.493 e. The first kappa shape index (κ1) is 22.1. The number of nitrogens with zero attached hydrogens (tertiary/aromatic N) is 4. The number of aliphatic hydroxyl groups is 1. The SMILES string of the molecule is CNc1nc(NCc2ccc(OC)c(OC)c2)nc2c1ncn2[C@@H]1O[C@H](CO)CC1(C)C. The van der Waals surface area contributed by atoms with Gasteiger partial charge in [-0.1, -0.05) is 19.9 Å². The number of rotatable bonds is 8. The van der Waals surface area contributed by atoms with E-state index in [9.17, 15) is 5.11 Å². The third-order valence-electron chi connectivity index (χ3n) is 5.76. The van der Waals surface area contributed by atoms with Crippen LogP contribution in [0.1, 0.15) is 32.1 Å². The van der Waals surface area contributed by atoms with Crippen molar-refractivity contribution in [2.75, 3.05) is 38.5 Å². The highest BCUT2D eigenvalue weighted by atomic mass is 16.5. The number of ether oxygens (including phenoxy) is 3. The lowest BCUT2D eigenvalue weighted by Gasteiger charge is -2.26. The minimum absolute atomic E-state index is 0.0125. The molecule has 172 valence electrons. The Balaban J connectivity index is 1.64. The molecule has 0 radical (unpaired) electrons. The Bertz CT molecular complexity index is 1100. The van der Waals surface area contributed by atoms with Gasteiger partial charge in [-0.2, -0.15) is 9.97 Å². The first-order valence-corrected chi connectivity index (χ1v) is 10.5. The Labute approximate surface area is 186 Å². The second-order valence-electron chi connectivity index (χ2n) is 8.50. The number of fused-ring (bicyclic) bond motifs is 1. The van der Waals surface area contributed by atoms with Crippen LogP contribution in [0.15, 0.2) is 24.5 Å². The molecule has 2 atom stereocenters. The van der Waals surface area contributed by atoms with Gasteiger partial charge in [0, 0.05) is 19.0 Å². The van der Waals surface area contributed by atoms with Crippen LogP contribution in [-0.2, 0) is 11.3 Å². The monoisotopic (exact) mass is 442 g/mol. The van der Waals surface area contributed by atoms with Crippen molar-refractivity contribution in [3.63, 3.8) is 0 Å². The summed E-state index contributed by atoms with van der Waals surface area (Å²) in [6, 6.07) is 5.74. The van der Waals surface area contributed by atoms with Crippen LogP contribution >= 0.6 is 0 Å². The molecule has 0 bridgehead atoms. The molecule has 0 aliphatic carbocycles. The molecule has 3 N–H and O–H groups in total. The van der Waals surface area contributed by atoms with Crippen LogP contribution in [0.3, 0.4) is 0 Å². The highest BCUT2D eigenvalue weighted by Crippen LogP contribution is 2.45. The lowest BCUT2D eigenvalue weighted by atomic mass is 9.87. The maximum Gasteiger partial charge on any atom is 0.227 e. The topological polar surface area (TPSA) is 116 Å². The molecule has 10 heteroatoms. The summed E-state index contributed by atoms with van der Waals surface area (Å²) in [5.74, 6) is 2.43. The van der Waals surface area contributed by atoms with Crippen molar-refractivity contribution in [2.24, 2.45) is 5.41 Å². The zero-order valence-electron chi connectivity index (χ0n) is 19.0. The third kappa shape index (κ3) is 4.03. The summed E-state index contributed by atoms with van der Waals surface area (Å²) in [5, 5.41) is 16.0. The largest absolute Gasteiger partial charge is 0.493 e. The molecule has 1 aliphatic rings. The van der Waals surface area contributed by atoms with Gasteiger partial charge in [-0.25, -0.2) is 4.98 Å². The molecule has 1 aromatic carbocycles. The van der Waals surface area contributed by atoms with Crippen molar-refractivity contribution in [1.29, 1.82) is 0 Å². The van der Waals surface area contributed by atoms with Crippen LogP contribution in [0, 0.1) is 5.41 Å². The minimum atomic E-state index is -0.289. The summed E-state index contributed by atoms with van der Waals surface area (Å²) in [7, 11) is 5.02. The number of aromatic nitrogens is 4. The number of anilines is 2. The fourth-order valence-corrected chi connectivity index (χ4v) is 4.17.